The second kappa shape index (κ2) is 9.91. The lowest BCUT2D eigenvalue weighted by molar-refractivity contribution is 0.147. The Morgan fingerprint density at radius 2 is 0.769 bits per heavy atom. The van der Waals surface area contributed by atoms with E-state index in [-0.39, 0.29) is 46.3 Å². The fourth-order valence-corrected chi connectivity index (χ4v) is 13.8. The number of nitrogens with one attached hydrogen (secondary N) is 4. The number of nitrogens with zero attached hydrogens (tertiary/aromatic N) is 4. The van der Waals surface area contributed by atoms with Gasteiger partial charge in [0, 0.05) is 59.8 Å². The van der Waals surface area contributed by atoms with E-state index in [1.807, 2.05) is 0 Å². The van der Waals surface area contributed by atoms with Gasteiger partial charge in [0.2, 0.25) is 0 Å². The lowest BCUT2D eigenvalue weighted by Crippen LogP contribution is -2.60. The van der Waals surface area contributed by atoms with Gasteiger partial charge < -0.3 is 21.3 Å². The van der Waals surface area contributed by atoms with E-state index in [4.69, 9.17) is 0 Å². The average molecular weight is 691 g/mol. The molecule has 4 N–H and O–H groups in total. The van der Waals surface area contributed by atoms with Gasteiger partial charge in [0.1, 0.15) is 0 Å². The molecule has 0 amide bonds. The van der Waals surface area contributed by atoms with Crippen molar-refractivity contribution in [2.75, 3.05) is 75.6 Å². The maximum Gasteiger partial charge on any atom is 0.0933 e. The molecule has 52 heavy (non-hydrogen) atoms. The fourth-order valence-electron chi connectivity index (χ4n) is 13.8. The van der Waals surface area contributed by atoms with Crippen LogP contribution in [0, 0.1) is 0 Å². The molecule has 0 bridgehead atoms. The molecular weight excluding hydrogens is 641 g/mol. The summed E-state index contributed by atoms with van der Waals surface area (Å²) in [6, 6.07) is 33.0. The van der Waals surface area contributed by atoms with E-state index < -0.39 is 0 Å². The Hall–Kier alpha value is -4.08. The van der Waals surface area contributed by atoms with Crippen molar-refractivity contribution in [3.8, 4) is 0 Å². The van der Waals surface area contributed by atoms with Gasteiger partial charge in [-0.1, -0.05) is 72.8 Å². The molecule has 4 saturated heterocycles. The smallest absolute Gasteiger partial charge is 0.0933 e. The second-order valence-electron chi connectivity index (χ2n) is 17.5. The fraction of sp³-hybridized carbons (Fsp3) is 0.455. The largest absolute Gasteiger partial charge is 0.368 e. The van der Waals surface area contributed by atoms with Crippen LogP contribution in [-0.4, -0.2) is 98.6 Å². The van der Waals surface area contributed by atoms with Gasteiger partial charge in [-0.3, -0.25) is 19.6 Å². The number of para-hydroxylation sites is 4. The van der Waals surface area contributed by atoms with Crippen LogP contribution in [0.15, 0.2) is 84.9 Å². The third-order valence-electron chi connectivity index (χ3n) is 15.9. The molecule has 0 saturated carbocycles. The van der Waals surface area contributed by atoms with Crippen molar-refractivity contribution in [1.29, 1.82) is 0 Å². The molecule has 4 aromatic rings. The van der Waals surface area contributed by atoms with E-state index in [1.54, 1.807) is 0 Å². The summed E-state index contributed by atoms with van der Waals surface area (Å²) in [5, 5.41) is 16.7. The molecule has 0 aromatic heterocycles. The van der Waals surface area contributed by atoms with Gasteiger partial charge in [0.15, 0.2) is 0 Å². The second-order valence-corrected chi connectivity index (χ2v) is 17.5. The van der Waals surface area contributed by atoms with Crippen LogP contribution >= 0.6 is 0 Å². The van der Waals surface area contributed by atoms with Gasteiger partial charge in [0.05, 0.1) is 35.5 Å². The zero-order valence-electron chi connectivity index (χ0n) is 30.8. The lowest BCUT2D eigenvalue weighted by Gasteiger charge is -2.48. The minimum Gasteiger partial charge on any atom is -0.368 e. The third-order valence-corrected chi connectivity index (χ3v) is 15.9. The van der Waals surface area contributed by atoms with Crippen LogP contribution < -0.4 is 21.3 Å². The van der Waals surface area contributed by atoms with Crippen LogP contribution in [0.4, 0.5) is 22.7 Å². The van der Waals surface area contributed by atoms with E-state index in [0.717, 1.165) is 51.9 Å². The number of hydrogen-bond acceptors (Lipinski definition) is 8. The highest BCUT2D eigenvalue weighted by Crippen LogP contribution is 2.69. The normalized spacial score (nSPS) is 38.0. The molecule has 2 unspecified atom stereocenters. The standard InChI is InChI=1S/C44H50N8/c1-49-23-19-41(27-11-5-7-17-33(27)45-37(41)49)29-13-9-15-31-35(29)47-39-43(31,21-25-51(39)3)44-22-26-52(4)40(44)48-36-30(14-10-16-32(36)44)42-20-24-50(2)38(42)46-34-18-8-6-12-28(34)42/h5-18,37-40,45-48H,19-26H2,1-4H3/t37-,38?,39-,40+,41-,42-,43+,44?/m1/s1. The van der Waals surface area contributed by atoms with Gasteiger partial charge in [-0.15, -0.1) is 0 Å². The summed E-state index contributed by atoms with van der Waals surface area (Å²) in [6.07, 6.45) is 5.41. The first-order chi connectivity index (χ1) is 25.4. The summed E-state index contributed by atoms with van der Waals surface area (Å²) in [6.45, 7) is 4.33. The Balaban J connectivity index is 1.09. The summed E-state index contributed by atoms with van der Waals surface area (Å²) < 4.78 is 0. The van der Waals surface area contributed by atoms with E-state index in [1.165, 1.54) is 56.1 Å². The van der Waals surface area contributed by atoms with Crippen LogP contribution in [0.25, 0.3) is 0 Å². The number of benzene rings is 4. The molecule has 8 heterocycles. The van der Waals surface area contributed by atoms with Gasteiger partial charge in [-0.05, 0) is 99.4 Å². The van der Waals surface area contributed by atoms with Crippen LogP contribution in [0.5, 0.6) is 0 Å². The first-order valence-corrected chi connectivity index (χ1v) is 19.7. The molecule has 4 fully saturated rings. The Labute approximate surface area is 307 Å². The zero-order chi connectivity index (χ0) is 34.8. The maximum atomic E-state index is 4.36. The van der Waals surface area contributed by atoms with E-state index in [2.05, 4.69) is 154 Å². The zero-order valence-corrected chi connectivity index (χ0v) is 30.8. The van der Waals surface area contributed by atoms with Crippen molar-refractivity contribution in [3.63, 3.8) is 0 Å². The molecule has 266 valence electrons. The molecule has 12 rings (SSSR count). The van der Waals surface area contributed by atoms with Crippen LogP contribution in [-0.2, 0) is 21.7 Å². The highest BCUT2D eigenvalue weighted by Gasteiger charge is 2.72. The molecule has 4 aromatic carbocycles. The van der Waals surface area contributed by atoms with Crippen molar-refractivity contribution >= 4 is 22.7 Å². The predicted octanol–water partition coefficient (Wildman–Crippen LogP) is 5.78. The Bertz CT molecular complexity index is 2030. The predicted molar refractivity (Wildman–Crippen MR) is 209 cm³/mol. The van der Waals surface area contributed by atoms with Crippen LogP contribution in [0.2, 0.25) is 0 Å². The molecule has 8 nitrogen and oxygen atoms in total. The molecule has 0 aliphatic carbocycles. The SMILES string of the molecule is CN1CC[C@]2(c3cccc4c3N[C@H]3N(C)CCC43[C@]34CCN(C)[C@H]3Nc3c([C@]56CCN(C)[C@H]5Nc5ccccc56)cccc34)c3ccccc3NC12. The summed E-state index contributed by atoms with van der Waals surface area (Å²) >= 11 is 0. The minimum absolute atomic E-state index is 0.100. The number of rotatable bonds is 3. The van der Waals surface area contributed by atoms with Gasteiger partial charge in [0.25, 0.3) is 0 Å². The number of hydrogen-bond donors (Lipinski definition) is 4. The molecule has 0 spiro atoms. The minimum atomic E-state index is -0.101. The molecule has 8 heteroatoms. The summed E-state index contributed by atoms with van der Waals surface area (Å²) in [5.41, 5.74) is 13.9. The number of likely N-dealkylation sites (tertiary alicyclic amines) is 4. The van der Waals surface area contributed by atoms with E-state index in [0.29, 0.717) is 0 Å². The highest BCUT2D eigenvalue weighted by molar-refractivity contribution is 5.81. The van der Waals surface area contributed by atoms with Crippen LogP contribution in [0.1, 0.15) is 59.1 Å². The summed E-state index contributed by atoms with van der Waals surface area (Å²) in [4.78, 5) is 10.4. The first-order valence-electron chi connectivity index (χ1n) is 19.7. The Morgan fingerprint density at radius 1 is 0.404 bits per heavy atom. The van der Waals surface area contributed by atoms with E-state index in [9.17, 15) is 0 Å². The number of likely N-dealkylation sites (N-methyl/N-ethyl adjacent to an activating group) is 4. The third kappa shape index (κ3) is 3.17. The van der Waals surface area contributed by atoms with Gasteiger partial charge in [-0.25, -0.2) is 0 Å². The highest BCUT2D eigenvalue weighted by atomic mass is 15.4. The van der Waals surface area contributed by atoms with Gasteiger partial charge in [-0.2, -0.15) is 0 Å². The Morgan fingerprint density at radius 3 is 1.23 bits per heavy atom. The van der Waals surface area contributed by atoms with E-state index >= 15 is 0 Å². The van der Waals surface area contributed by atoms with Crippen molar-refractivity contribution in [2.45, 2.75) is 72.0 Å². The number of anilines is 4. The van der Waals surface area contributed by atoms with Crippen molar-refractivity contribution in [2.24, 2.45) is 0 Å². The monoisotopic (exact) mass is 690 g/mol. The first kappa shape index (κ1) is 30.4. The maximum absolute atomic E-state index is 4.36. The molecule has 0 radical (unpaired) electrons. The van der Waals surface area contributed by atoms with Crippen LogP contribution in [0.3, 0.4) is 0 Å². The van der Waals surface area contributed by atoms with Crippen molar-refractivity contribution < 1.29 is 0 Å². The number of fused-ring (bicyclic) bond motifs is 13. The van der Waals surface area contributed by atoms with Gasteiger partial charge >= 0.3 is 0 Å². The molecule has 8 aliphatic rings. The van der Waals surface area contributed by atoms with Crippen molar-refractivity contribution in [1.82, 2.24) is 19.6 Å². The summed E-state index contributed by atoms with van der Waals surface area (Å²) in [5.74, 6) is 0. The molecule has 8 atom stereocenters. The Kier molecular flexibility index (Phi) is 5.79. The average Bonchev–Trinajstić information content (AvgIpc) is 4.03. The lowest BCUT2D eigenvalue weighted by atomic mass is 9.54. The topological polar surface area (TPSA) is 61.1 Å². The molecular formula is C44H50N8. The quantitative estimate of drug-likeness (QED) is 0.216. The summed E-state index contributed by atoms with van der Waals surface area (Å²) in [7, 11) is 9.33. The molecule has 8 aliphatic heterocycles. The van der Waals surface area contributed by atoms with Crippen molar-refractivity contribution in [3.05, 3.63) is 118 Å².